The van der Waals surface area contributed by atoms with Crippen molar-refractivity contribution in [2.45, 2.75) is 45.8 Å². The van der Waals surface area contributed by atoms with E-state index in [9.17, 15) is 14.4 Å². The van der Waals surface area contributed by atoms with Crippen LogP contribution >= 0.6 is 11.3 Å². The molecule has 0 spiro atoms. The summed E-state index contributed by atoms with van der Waals surface area (Å²) in [6.07, 6.45) is -0.873. The molecule has 2 rings (SSSR count). The van der Waals surface area contributed by atoms with Crippen molar-refractivity contribution >= 4 is 29.0 Å². The summed E-state index contributed by atoms with van der Waals surface area (Å²) in [4.78, 5) is 37.8. The summed E-state index contributed by atoms with van der Waals surface area (Å²) in [5.74, 6) is -1.01. The van der Waals surface area contributed by atoms with E-state index < -0.39 is 12.1 Å². The van der Waals surface area contributed by atoms with Crippen molar-refractivity contribution < 1.29 is 19.1 Å². The third-order valence-corrected chi connectivity index (χ3v) is 4.95. The van der Waals surface area contributed by atoms with Gasteiger partial charge in [0.1, 0.15) is 0 Å². The van der Waals surface area contributed by atoms with Gasteiger partial charge in [0.15, 0.2) is 11.9 Å². The molecule has 0 bridgehead atoms. The largest absolute Gasteiger partial charge is 0.453 e. The fourth-order valence-electron chi connectivity index (χ4n) is 2.39. The maximum Gasteiger partial charge on any atom is 0.307 e. The molecule has 1 N–H and O–H groups in total. The monoisotopic (exact) mass is 373 g/mol. The van der Waals surface area contributed by atoms with Crippen LogP contribution in [0.15, 0.2) is 42.5 Å². The molecule has 1 heterocycles. The molecule has 0 saturated heterocycles. The van der Waals surface area contributed by atoms with Gasteiger partial charge >= 0.3 is 5.97 Å². The molecular formula is C20H23NO4S. The minimum Gasteiger partial charge on any atom is -0.453 e. The van der Waals surface area contributed by atoms with Crippen molar-refractivity contribution in [3.63, 3.8) is 0 Å². The first-order valence-electron chi connectivity index (χ1n) is 8.51. The summed E-state index contributed by atoms with van der Waals surface area (Å²) in [6, 6.07) is 13.0. The molecule has 2 atom stereocenters. The number of hydrogen-bond acceptors (Lipinski definition) is 5. The number of nitrogens with one attached hydrogen (secondary N) is 1. The Bertz CT molecular complexity index is 769. The van der Waals surface area contributed by atoms with Crippen molar-refractivity contribution in [2.75, 3.05) is 0 Å². The van der Waals surface area contributed by atoms with Crippen LogP contribution in [-0.4, -0.2) is 23.8 Å². The second-order valence-electron chi connectivity index (χ2n) is 6.11. The molecule has 26 heavy (non-hydrogen) atoms. The molecule has 0 fully saturated rings. The van der Waals surface area contributed by atoms with Crippen molar-refractivity contribution in [2.24, 2.45) is 0 Å². The molecule has 2 unspecified atom stereocenters. The predicted octanol–water partition coefficient (Wildman–Crippen LogP) is 3.83. The zero-order valence-electron chi connectivity index (χ0n) is 15.2. The molecule has 2 aromatic rings. The number of aryl methyl sites for hydroxylation is 1. The van der Waals surface area contributed by atoms with Crippen LogP contribution in [0.4, 0.5) is 0 Å². The summed E-state index contributed by atoms with van der Waals surface area (Å²) in [5, 5.41) is 2.81. The van der Waals surface area contributed by atoms with E-state index in [-0.39, 0.29) is 30.6 Å². The van der Waals surface area contributed by atoms with Gasteiger partial charge in [-0.15, -0.1) is 11.3 Å². The standard InChI is InChI=1S/C20H23NO4S/c1-13-9-11-18(26-13)17(22)10-12-19(23)25-15(3)20(24)21-14(2)16-7-5-4-6-8-16/h4-9,11,14-15H,10,12H2,1-3H3,(H,21,24). The lowest BCUT2D eigenvalue weighted by Crippen LogP contribution is -2.37. The number of hydrogen-bond donors (Lipinski definition) is 1. The number of rotatable bonds is 8. The van der Waals surface area contributed by atoms with E-state index in [0.29, 0.717) is 4.88 Å². The third-order valence-electron chi connectivity index (χ3n) is 3.91. The van der Waals surface area contributed by atoms with E-state index in [2.05, 4.69) is 5.32 Å². The molecule has 5 nitrogen and oxygen atoms in total. The molecular weight excluding hydrogens is 350 g/mol. The van der Waals surface area contributed by atoms with Crippen LogP contribution in [0.3, 0.4) is 0 Å². The fraction of sp³-hybridized carbons (Fsp3) is 0.350. The molecule has 0 aliphatic heterocycles. The highest BCUT2D eigenvalue weighted by Crippen LogP contribution is 2.18. The van der Waals surface area contributed by atoms with E-state index in [0.717, 1.165) is 10.4 Å². The normalized spacial score (nSPS) is 12.9. The van der Waals surface area contributed by atoms with Gasteiger partial charge in [0.25, 0.3) is 5.91 Å². The van der Waals surface area contributed by atoms with Crippen molar-refractivity contribution in [3.8, 4) is 0 Å². The minimum absolute atomic E-state index is 0.0400. The Labute approximate surface area is 157 Å². The summed E-state index contributed by atoms with van der Waals surface area (Å²) in [7, 11) is 0. The topological polar surface area (TPSA) is 72.5 Å². The maximum absolute atomic E-state index is 12.2. The van der Waals surface area contributed by atoms with Gasteiger partial charge in [0.05, 0.1) is 17.3 Å². The highest BCUT2D eigenvalue weighted by molar-refractivity contribution is 7.14. The number of carbonyl (C=O) groups is 3. The molecule has 1 aromatic carbocycles. The van der Waals surface area contributed by atoms with E-state index in [1.165, 1.54) is 18.3 Å². The number of amides is 1. The first-order valence-corrected chi connectivity index (χ1v) is 9.33. The fourth-order valence-corrected chi connectivity index (χ4v) is 3.22. The summed E-state index contributed by atoms with van der Waals surface area (Å²) < 4.78 is 5.14. The number of ether oxygens (including phenoxy) is 1. The van der Waals surface area contributed by atoms with Crippen LogP contribution < -0.4 is 5.32 Å². The number of esters is 1. The van der Waals surface area contributed by atoms with Gasteiger partial charge in [-0.1, -0.05) is 30.3 Å². The SMILES string of the molecule is Cc1ccc(C(=O)CCC(=O)OC(C)C(=O)NC(C)c2ccccc2)s1. The van der Waals surface area contributed by atoms with Crippen LogP contribution in [0.25, 0.3) is 0 Å². The molecule has 0 aliphatic carbocycles. The molecule has 0 aliphatic rings. The lowest BCUT2D eigenvalue weighted by molar-refractivity contribution is -0.155. The van der Waals surface area contributed by atoms with Crippen molar-refractivity contribution in [1.29, 1.82) is 0 Å². The number of thiophene rings is 1. The summed E-state index contributed by atoms with van der Waals surface area (Å²) >= 11 is 1.41. The lowest BCUT2D eigenvalue weighted by atomic mass is 10.1. The number of carbonyl (C=O) groups excluding carboxylic acids is 3. The van der Waals surface area contributed by atoms with Gasteiger partial charge in [-0.3, -0.25) is 14.4 Å². The van der Waals surface area contributed by atoms with E-state index in [4.69, 9.17) is 4.74 Å². The summed E-state index contributed by atoms with van der Waals surface area (Å²) in [6.45, 7) is 5.31. The Kier molecular flexibility index (Phi) is 7.09. The Morgan fingerprint density at radius 1 is 1.04 bits per heavy atom. The molecule has 0 saturated carbocycles. The second-order valence-corrected chi connectivity index (χ2v) is 7.39. The van der Waals surface area contributed by atoms with Crippen LogP contribution in [0, 0.1) is 6.92 Å². The number of Topliss-reactive ketones (excluding diaryl/α,β-unsaturated/α-hetero) is 1. The van der Waals surface area contributed by atoms with Crippen LogP contribution in [0.5, 0.6) is 0 Å². The summed E-state index contributed by atoms with van der Waals surface area (Å²) in [5.41, 5.74) is 0.969. The molecule has 6 heteroatoms. The molecule has 1 amide bonds. The zero-order chi connectivity index (χ0) is 19.1. The lowest BCUT2D eigenvalue weighted by Gasteiger charge is -2.18. The van der Waals surface area contributed by atoms with Crippen LogP contribution in [0.1, 0.15) is 52.8 Å². The molecule has 0 radical (unpaired) electrons. The zero-order valence-corrected chi connectivity index (χ0v) is 16.0. The third kappa shape index (κ3) is 5.81. The van der Waals surface area contributed by atoms with Crippen LogP contribution in [-0.2, 0) is 14.3 Å². The average Bonchev–Trinajstić information content (AvgIpc) is 3.06. The van der Waals surface area contributed by atoms with Gasteiger partial charge in [-0.2, -0.15) is 0 Å². The van der Waals surface area contributed by atoms with E-state index in [1.807, 2.05) is 50.2 Å². The van der Waals surface area contributed by atoms with E-state index in [1.54, 1.807) is 6.07 Å². The molecule has 1 aromatic heterocycles. The first kappa shape index (κ1) is 19.8. The quantitative estimate of drug-likeness (QED) is 0.564. The van der Waals surface area contributed by atoms with Gasteiger partial charge < -0.3 is 10.1 Å². The van der Waals surface area contributed by atoms with Gasteiger partial charge in [0.2, 0.25) is 0 Å². The van der Waals surface area contributed by atoms with Gasteiger partial charge in [0, 0.05) is 11.3 Å². The first-order chi connectivity index (χ1) is 12.4. The Morgan fingerprint density at radius 2 is 1.73 bits per heavy atom. The highest BCUT2D eigenvalue weighted by atomic mass is 32.1. The second kappa shape index (κ2) is 9.29. The van der Waals surface area contributed by atoms with E-state index >= 15 is 0 Å². The Balaban J connectivity index is 1.77. The number of benzene rings is 1. The molecule has 138 valence electrons. The smallest absolute Gasteiger partial charge is 0.307 e. The minimum atomic E-state index is -0.909. The van der Waals surface area contributed by atoms with Crippen molar-refractivity contribution in [1.82, 2.24) is 5.32 Å². The van der Waals surface area contributed by atoms with Gasteiger partial charge in [-0.25, -0.2) is 0 Å². The van der Waals surface area contributed by atoms with Crippen LogP contribution in [0.2, 0.25) is 0 Å². The number of ketones is 1. The maximum atomic E-state index is 12.2. The highest BCUT2D eigenvalue weighted by Gasteiger charge is 2.20. The van der Waals surface area contributed by atoms with Crippen molar-refractivity contribution in [3.05, 3.63) is 57.8 Å². The Hall–Kier alpha value is -2.47. The van der Waals surface area contributed by atoms with Gasteiger partial charge in [-0.05, 0) is 38.5 Å². The predicted molar refractivity (Wildman–Crippen MR) is 101 cm³/mol. The average molecular weight is 373 g/mol. The Morgan fingerprint density at radius 3 is 2.35 bits per heavy atom.